The first-order valence-electron chi connectivity index (χ1n) is 37.6. The number of halogens is 3. The van der Waals surface area contributed by atoms with E-state index in [1.165, 1.54) is 0 Å². The summed E-state index contributed by atoms with van der Waals surface area (Å²) in [6, 6.07) is 123. The highest BCUT2D eigenvalue weighted by Gasteiger charge is 2.39. The summed E-state index contributed by atoms with van der Waals surface area (Å²) in [7, 11) is 0. The molecule has 0 saturated carbocycles. The summed E-state index contributed by atoms with van der Waals surface area (Å²) >= 11 is 0. The Morgan fingerprint density at radius 3 is 0.777 bits per heavy atom. The van der Waals surface area contributed by atoms with Crippen LogP contribution >= 0.6 is 0 Å². The minimum Gasteiger partial charge on any atom is -0.309 e. The second-order valence-corrected chi connectivity index (χ2v) is 28.9. The number of alkyl halides is 3. The van der Waals surface area contributed by atoms with Gasteiger partial charge < -0.3 is 27.4 Å². The average molecular weight is 1440 g/mol. The molecule has 7 heterocycles. The predicted molar refractivity (Wildman–Crippen MR) is 453 cm³/mol. The van der Waals surface area contributed by atoms with Gasteiger partial charge in [-0.05, 0) is 151 Å². The second-order valence-electron chi connectivity index (χ2n) is 28.9. The first-order chi connectivity index (χ1) is 55.2. The Hall–Kier alpha value is -14.9. The maximum Gasteiger partial charge on any atom is 0.419 e. The number of benzene rings is 16. The predicted octanol–water partition coefficient (Wildman–Crippen LogP) is 26.1. The third-order valence-electron chi connectivity index (χ3n) is 22.9. The van der Waals surface area contributed by atoms with E-state index in [2.05, 4.69) is 265 Å². The van der Waals surface area contributed by atoms with E-state index in [1.54, 1.807) is 24.3 Å². The second kappa shape index (κ2) is 24.3. The maximum absolute atomic E-state index is 17.7. The number of para-hydroxylation sites is 8. The fraction of sp³-hybridized carbons (Fsp3) is 0.0100. The summed E-state index contributed by atoms with van der Waals surface area (Å²) in [5.41, 5.74) is 17.0. The molecule has 9 nitrogen and oxygen atoms in total. The molecule has 0 unspecified atom stereocenters. The van der Waals surface area contributed by atoms with Gasteiger partial charge in [0, 0.05) is 104 Å². The van der Waals surface area contributed by atoms with Gasteiger partial charge in [-0.1, -0.05) is 224 Å². The van der Waals surface area contributed by atoms with Crippen LogP contribution in [-0.4, -0.2) is 42.4 Å². The third-order valence-corrected chi connectivity index (χ3v) is 22.9. The van der Waals surface area contributed by atoms with Gasteiger partial charge in [-0.3, -0.25) is 0 Å². The van der Waals surface area contributed by atoms with Gasteiger partial charge >= 0.3 is 6.18 Å². The molecule has 0 aliphatic carbocycles. The van der Waals surface area contributed by atoms with Crippen molar-refractivity contribution in [2.24, 2.45) is 0 Å². The van der Waals surface area contributed by atoms with Crippen molar-refractivity contribution >= 4 is 131 Å². The van der Waals surface area contributed by atoms with Crippen molar-refractivity contribution in [3.8, 4) is 79.4 Å². The largest absolute Gasteiger partial charge is 0.419 e. The summed E-state index contributed by atoms with van der Waals surface area (Å²) < 4.78 is 66.2. The van der Waals surface area contributed by atoms with E-state index >= 15 is 13.2 Å². The van der Waals surface area contributed by atoms with Crippen molar-refractivity contribution in [1.82, 2.24) is 42.4 Å². The molecule has 0 aliphatic rings. The van der Waals surface area contributed by atoms with Gasteiger partial charge in [-0.2, -0.15) is 13.2 Å². The highest BCUT2D eigenvalue weighted by molar-refractivity contribution is 6.17. The van der Waals surface area contributed by atoms with E-state index in [-0.39, 0.29) is 11.3 Å². The molecule has 0 radical (unpaired) electrons. The Labute approximate surface area is 637 Å². The molecule has 0 aliphatic heterocycles. The third kappa shape index (κ3) is 9.48. The molecule has 0 bridgehead atoms. The van der Waals surface area contributed by atoms with E-state index in [4.69, 9.17) is 15.0 Å². The summed E-state index contributed by atoms with van der Waals surface area (Å²) in [5, 5.41) is 12.4. The summed E-state index contributed by atoms with van der Waals surface area (Å²) in [6.45, 7) is 0. The van der Waals surface area contributed by atoms with Crippen LogP contribution in [0.2, 0.25) is 0 Å². The van der Waals surface area contributed by atoms with Gasteiger partial charge in [0.2, 0.25) is 0 Å². The number of aromatic nitrogens is 9. The quantitative estimate of drug-likeness (QED) is 0.137. The molecule has 23 rings (SSSR count). The SMILES string of the molecule is FC(F)(F)c1c(-c2ccc(-c3nc(-c4ccccc4)nc(-c4ccccc4)n3)c(-n3c4ccc(-n5c6ccccc6c6ccccc65)cc4c4cc(-n5c6ccccc6c6ccccc65)ccc43)c2)cccc1-n1c2ccc(-n3c4ccccc4c4ccccc43)cc2c2cc(-n3c4ccccc4c4ccccc43)ccc21. The Bertz CT molecular complexity index is 7270. The molecule has 12 heteroatoms. The van der Waals surface area contributed by atoms with E-state index in [9.17, 15) is 0 Å². The molecule has 0 spiro atoms. The summed E-state index contributed by atoms with van der Waals surface area (Å²) in [5.74, 6) is 1.22. The van der Waals surface area contributed by atoms with Crippen LogP contribution in [0.1, 0.15) is 5.56 Å². The van der Waals surface area contributed by atoms with Crippen molar-refractivity contribution in [3.05, 3.63) is 370 Å². The van der Waals surface area contributed by atoms with Crippen LogP contribution in [0.25, 0.3) is 210 Å². The molecule has 7 aromatic heterocycles. The van der Waals surface area contributed by atoms with Crippen LogP contribution in [0.15, 0.2) is 364 Å². The van der Waals surface area contributed by atoms with Gasteiger partial charge in [0.15, 0.2) is 17.5 Å². The summed E-state index contributed by atoms with van der Waals surface area (Å²) in [4.78, 5) is 15.9. The van der Waals surface area contributed by atoms with Crippen molar-refractivity contribution < 1.29 is 13.2 Å². The normalized spacial score (nSPS) is 12.2. The van der Waals surface area contributed by atoms with E-state index in [0.29, 0.717) is 45.3 Å². The molecule has 23 aromatic rings. The highest BCUT2D eigenvalue weighted by atomic mass is 19.4. The molecule has 0 N–H and O–H groups in total. The molecule has 0 saturated heterocycles. The number of fused-ring (bicyclic) bond motifs is 18. The lowest BCUT2D eigenvalue weighted by Crippen LogP contribution is -2.13. The minimum absolute atomic E-state index is 0.00901. The lowest BCUT2D eigenvalue weighted by Gasteiger charge is -2.21. The first kappa shape index (κ1) is 63.2. The maximum atomic E-state index is 17.7. The van der Waals surface area contributed by atoms with Crippen LogP contribution in [0, 0.1) is 0 Å². The van der Waals surface area contributed by atoms with Crippen LogP contribution < -0.4 is 0 Å². The number of nitrogens with zero attached hydrogens (tertiary/aromatic N) is 9. The molecule has 0 atom stereocenters. The lowest BCUT2D eigenvalue weighted by molar-refractivity contribution is -0.136. The molecule has 526 valence electrons. The molecular formula is C100H60F3N9. The fourth-order valence-electron chi connectivity index (χ4n) is 18.1. The van der Waals surface area contributed by atoms with Crippen molar-refractivity contribution in [3.63, 3.8) is 0 Å². The molecular weight excluding hydrogens is 1380 g/mol. The lowest BCUT2D eigenvalue weighted by atomic mass is 9.95. The van der Waals surface area contributed by atoms with Crippen LogP contribution in [-0.2, 0) is 6.18 Å². The number of rotatable bonds is 10. The van der Waals surface area contributed by atoms with Crippen molar-refractivity contribution in [2.75, 3.05) is 0 Å². The monoisotopic (exact) mass is 1440 g/mol. The average Bonchev–Trinajstić information content (AvgIpc) is 1.56. The van der Waals surface area contributed by atoms with Crippen LogP contribution in [0.4, 0.5) is 13.2 Å². The minimum atomic E-state index is -4.91. The van der Waals surface area contributed by atoms with E-state index in [0.717, 1.165) is 154 Å². The topological polar surface area (TPSA) is 68.2 Å². The summed E-state index contributed by atoms with van der Waals surface area (Å²) in [6.07, 6.45) is -4.91. The van der Waals surface area contributed by atoms with Gasteiger partial charge in [0.05, 0.1) is 83.1 Å². The van der Waals surface area contributed by atoms with Crippen molar-refractivity contribution in [2.45, 2.75) is 6.18 Å². The fourth-order valence-corrected chi connectivity index (χ4v) is 18.1. The number of hydrogen-bond acceptors (Lipinski definition) is 3. The first-order valence-corrected chi connectivity index (χ1v) is 37.6. The van der Waals surface area contributed by atoms with E-state index < -0.39 is 11.7 Å². The Kier molecular flexibility index (Phi) is 13.7. The zero-order valence-electron chi connectivity index (χ0n) is 59.8. The Morgan fingerprint density at radius 1 is 0.188 bits per heavy atom. The van der Waals surface area contributed by atoms with Gasteiger partial charge in [0.1, 0.15) is 0 Å². The zero-order chi connectivity index (χ0) is 74.0. The Morgan fingerprint density at radius 2 is 0.464 bits per heavy atom. The molecule has 0 fully saturated rings. The van der Waals surface area contributed by atoms with Gasteiger partial charge in [-0.15, -0.1) is 0 Å². The molecule has 112 heavy (non-hydrogen) atoms. The Balaban J connectivity index is 0.798. The zero-order valence-corrected chi connectivity index (χ0v) is 59.8. The standard InChI is InChI=1S/C100H60F3N9/c101-100(102,103)96-68(36-23-45-94(96)111-90-52-47-64(107-82-37-15-7-28-69(82)70-29-8-16-38-83(70)107)57-78(90)79-58-65(48-53-91(79)111)108-84-39-17-9-30-71(84)72-31-10-18-40-85(72)108)63-46-51-77(99-105-97(61-24-3-1-4-25-61)104-98(106-99)62-26-5-2-6-27-62)95(56-63)112-92-54-49-66(109-86-41-19-11-32-73(86)74-33-12-20-42-87(74)109)59-80(92)81-60-67(50-55-93(81)112)110-88-43-21-13-34-75(88)76-35-14-22-44-89(76)110/h1-60H. The van der Waals surface area contributed by atoms with Crippen LogP contribution in [0.5, 0.6) is 0 Å². The van der Waals surface area contributed by atoms with Gasteiger partial charge in [0.25, 0.3) is 0 Å². The van der Waals surface area contributed by atoms with Crippen molar-refractivity contribution in [1.29, 1.82) is 0 Å². The van der Waals surface area contributed by atoms with Gasteiger partial charge in [-0.25, -0.2) is 15.0 Å². The van der Waals surface area contributed by atoms with Crippen LogP contribution in [0.3, 0.4) is 0 Å². The molecule has 0 amide bonds. The molecule has 16 aromatic carbocycles. The highest BCUT2D eigenvalue weighted by Crippen LogP contribution is 2.49. The van der Waals surface area contributed by atoms with E-state index in [1.807, 2.05) is 102 Å². The smallest absolute Gasteiger partial charge is 0.309 e. The number of hydrogen-bond donors (Lipinski definition) is 0.